The monoisotopic (exact) mass is 421 g/mol. The lowest BCUT2D eigenvalue weighted by molar-refractivity contribution is -0.138. The van der Waals surface area contributed by atoms with Crippen molar-refractivity contribution in [2.45, 2.75) is 38.5 Å². The molecule has 0 unspecified atom stereocenters. The minimum absolute atomic E-state index is 0.239. The molecule has 3 atom stereocenters. The van der Waals surface area contributed by atoms with Crippen LogP contribution in [0.3, 0.4) is 0 Å². The van der Waals surface area contributed by atoms with Crippen molar-refractivity contribution in [2.24, 2.45) is 23.7 Å². The predicted molar refractivity (Wildman–Crippen MR) is 123 cm³/mol. The summed E-state index contributed by atoms with van der Waals surface area (Å²) in [5.74, 6) is 2.66. The lowest BCUT2D eigenvalue weighted by Gasteiger charge is -2.37. The van der Waals surface area contributed by atoms with Crippen molar-refractivity contribution in [3.63, 3.8) is 0 Å². The van der Waals surface area contributed by atoms with Gasteiger partial charge in [0.05, 0.1) is 0 Å². The van der Waals surface area contributed by atoms with Crippen LogP contribution in [0, 0.1) is 23.7 Å². The molecule has 3 fully saturated rings. The summed E-state index contributed by atoms with van der Waals surface area (Å²) in [7, 11) is 0. The van der Waals surface area contributed by atoms with E-state index in [1.807, 2.05) is 11.0 Å². The number of anilines is 1. The Hall–Kier alpha value is -2.30. The van der Waals surface area contributed by atoms with Gasteiger partial charge in [-0.1, -0.05) is 30.4 Å². The normalized spacial score (nSPS) is 28.4. The predicted octanol–water partition coefficient (Wildman–Crippen LogP) is 3.57. The number of rotatable bonds is 5. The third-order valence-corrected chi connectivity index (χ3v) is 8.04. The highest BCUT2D eigenvalue weighted by atomic mass is 16.2. The second kappa shape index (κ2) is 9.05. The summed E-state index contributed by atoms with van der Waals surface area (Å²) >= 11 is 0. The summed E-state index contributed by atoms with van der Waals surface area (Å²) in [6.07, 6.45) is 10.6. The van der Waals surface area contributed by atoms with E-state index < -0.39 is 0 Å². The first-order valence-corrected chi connectivity index (χ1v) is 12.2. The number of carbonyl (C=O) groups excluding carboxylic acids is 2. The molecule has 5 rings (SSSR count). The second-order valence-corrected chi connectivity index (χ2v) is 9.90. The molecule has 1 aromatic carbocycles. The van der Waals surface area contributed by atoms with Crippen LogP contribution in [0.1, 0.15) is 38.5 Å². The van der Waals surface area contributed by atoms with Crippen molar-refractivity contribution < 1.29 is 9.59 Å². The van der Waals surface area contributed by atoms with Crippen LogP contribution in [-0.2, 0) is 9.59 Å². The number of amides is 2. The number of piperidine rings is 1. The van der Waals surface area contributed by atoms with Crippen LogP contribution in [0.15, 0.2) is 42.5 Å². The first kappa shape index (κ1) is 20.6. The third kappa shape index (κ3) is 4.51. The molecule has 5 heteroatoms. The van der Waals surface area contributed by atoms with Crippen LogP contribution in [0.5, 0.6) is 0 Å². The maximum Gasteiger partial charge on any atom is 0.226 e. The van der Waals surface area contributed by atoms with Crippen LogP contribution in [0.2, 0.25) is 0 Å². The van der Waals surface area contributed by atoms with E-state index in [0.717, 1.165) is 65.0 Å². The van der Waals surface area contributed by atoms with Gasteiger partial charge in [-0.25, -0.2) is 0 Å². The molecule has 166 valence electrons. The van der Waals surface area contributed by atoms with E-state index in [4.69, 9.17) is 0 Å². The van der Waals surface area contributed by atoms with E-state index in [-0.39, 0.29) is 5.92 Å². The highest BCUT2D eigenvalue weighted by Crippen LogP contribution is 2.44. The summed E-state index contributed by atoms with van der Waals surface area (Å²) in [5, 5.41) is 0. The Morgan fingerprint density at radius 2 is 1.58 bits per heavy atom. The van der Waals surface area contributed by atoms with Gasteiger partial charge < -0.3 is 14.7 Å². The van der Waals surface area contributed by atoms with Crippen molar-refractivity contribution in [3.8, 4) is 0 Å². The van der Waals surface area contributed by atoms with Crippen molar-refractivity contribution >= 4 is 17.5 Å². The van der Waals surface area contributed by atoms with Gasteiger partial charge in [0.15, 0.2) is 0 Å². The molecule has 2 amide bonds. The number of benzene rings is 1. The lowest BCUT2D eigenvalue weighted by atomic mass is 9.88. The lowest BCUT2D eigenvalue weighted by Crippen LogP contribution is -2.49. The van der Waals surface area contributed by atoms with Crippen molar-refractivity contribution in [1.82, 2.24) is 9.80 Å². The van der Waals surface area contributed by atoms with Gasteiger partial charge in [-0.05, 0) is 62.0 Å². The highest BCUT2D eigenvalue weighted by Gasteiger charge is 2.41. The molecule has 2 aliphatic carbocycles. The zero-order chi connectivity index (χ0) is 21.2. The summed E-state index contributed by atoms with van der Waals surface area (Å²) < 4.78 is 0. The summed E-state index contributed by atoms with van der Waals surface area (Å²) in [4.78, 5) is 32.2. The SMILES string of the molecule is O=C(CCC1CCN(C(=O)[C@@H]2C[C@@H]3C=C[C@H]2C3)CC1)N1CCN(c2ccccc2)CC1. The van der Waals surface area contributed by atoms with E-state index in [1.54, 1.807) is 0 Å². The van der Waals surface area contributed by atoms with E-state index >= 15 is 0 Å². The zero-order valence-electron chi connectivity index (χ0n) is 18.5. The molecule has 2 aliphatic heterocycles. The van der Waals surface area contributed by atoms with Gasteiger partial charge in [0.25, 0.3) is 0 Å². The first-order chi connectivity index (χ1) is 15.2. The minimum atomic E-state index is 0.239. The molecule has 5 nitrogen and oxygen atoms in total. The Kier molecular flexibility index (Phi) is 6.02. The molecular formula is C26H35N3O2. The van der Waals surface area contributed by atoms with Crippen molar-refractivity contribution in [1.29, 1.82) is 0 Å². The maximum absolute atomic E-state index is 12.9. The van der Waals surface area contributed by atoms with E-state index in [1.165, 1.54) is 12.1 Å². The van der Waals surface area contributed by atoms with E-state index in [9.17, 15) is 9.59 Å². The number of piperazine rings is 1. The average Bonchev–Trinajstić information content (AvgIpc) is 3.47. The average molecular weight is 422 g/mol. The Bertz CT molecular complexity index is 807. The standard InChI is InChI=1S/C26H35N3O2/c30-25(28-16-14-27(15-17-28)23-4-2-1-3-5-23)9-7-20-10-12-29(13-11-20)26(31)24-19-21-6-8-22(24)18-21/h1-6,8,20-22,24H,7,9-19H2/t21-,22+,24-/m1/s1. The van der Waals surface area contributed by atoms with Gasteiger partial charge in [0.1, 0.15) is 0 Å². The van der Waals surface area contributed by atoms with E-state index in [0.29, 0.717) is 36.0 Å². The molecular weight excluding hydrogens is 386 g/mol. The number of fused-ring (bicyclic) bond motifs is 2. The minimum Gasteiger partial charge on any atom is -0.368 e. The maximum atomic E-state index is 12.9. The fourth-order valence-electron chi connectivity index (χ4n) is 6.08. The van der Waals surface area contributed by atoms with E-state index in [2.05, 4.69) is 46.2 Å². The number of nitrogens with zero attached hydrogens (tertiary/aromatic N) is 3. The first-order valence-electron chi connectivity index (χ1n) is 12.2. The number of allylic oxidation sites excluding steroid dienone is 2. The van der Waals surface area contributed by atoms with Gasteiger partial charge >= 0.3 is 0 Å². The van der Waals surface area contributed by atoms with Crippen molar-refractivity contribution in [3.05, 3.63) is 42.5 Å². The number of carbonyl (C=O) groups is 2. The molecule has 31 heavy (non-hydrogen) atoms. The second-order valence-electron chi connectivity index (χ2n) is 9.90. The zero-order valence-corrected chi connectivity index (χ0v) is 18.5. The molecule has 0 spiro atoms. The van der Waals surface area contributed by atoms with Crippen LogP contribution >= 0.6 is 0 Å². The molecule has 0 aromatic heterocycles. The molecule has 2 heterocycles. The molecule has 1 saturated carbocycles. The number of hydrogen-bond acceptors (Lipinski definition) is 3. The van der Waals surface area contributed by atoms with Gasteiger partial charge in [-0.15, -0.1) is 0 Å². The number of para-hydroxylation sites is 1. The molecule has 0 N–H and O–H groups in total. The van der Waals surface area contributed by atoms with Crippen LogP contribution < -0.4 is 4.90 Å². The van der Waals surface area contributed by atoms with Gasteiger partial charge in [-0.2, -0.15) is 0 Å². The highest BCUT2D eigenvalue weighted by molar-refractivity contribution is 5.80. The van der Waals surface area contributed by atoms with Crippen LogP contribution in [-0.4, -0.2) is 60.9 Å². The fourth-order valence-corrected chi connectivity index (χ4v) is 6.08. The van der Waals surface area contributed by atoms with Gasteiger partial charge in [0, 0.05) is 57.3 Å². The molecule has 2 saturated heterocycles. The molecule has 2 bridgehead atoms. The van der Waals surface area contributed by atoms with Gasteiger partial charge in [-0.3, -0.25) is 9.59 Å². The fraction of sp³-hybridized carbons (Fsp3) is 0.615. The largest absolute Gasteiger partial charge is 0.368 e. The molecule has 1 aromatic rings. The van der Waals surface area contributed by atoms with Crippen molar-refractivity contribution in [2.75, 3.05) is 44.2 Å². The summed E-state index contributed by atoms with van der Waals surface area (Å²) in [5.41, 5.74) is 1.25. The number of hydrogen-bond donors (Lipinski definition) is 0. The Labute approximate surface area is 186 Å². The molecule has 0 radical (unpaired) electrons. The number of likely N-dealkylation sites (tertiary alicyclic amines) is 1. The quantitative estimate of drug-likeness (QED) is 0.683. The Morgan fingerprint density at radius 1 is 0.839 bits per heavy atom. The smallest absolute Gasteiger partial charge is 0.226 e. The molecule has 4 aliphatic rings. The Balaban J connectivity index is 1.02. The third-order valence-electron chi connectivity index (χ3n) is 8.04. The van der Waals surface area contributed by atoms with Gasteiger partial charge in [0.2, 0.25) is 11.8 Å². The summed E-state index contributed by atoms with van der Waals surface area (Å²) in [6, 6.07) is 10.5. The van der Waals surface area contributed by atoms with Crippen LogP contribution in [0.25, 0.3) is 0 Å². The topological polar surface area (TPSA) is 43.9 Å². The van der Waals surface area contributed by atoms with Crippen LogP contribution in [0.4, 0.5) is 5.69 Å². The summed E-state index contributed by atoms with van der Waals surface area (Å²) in [6.45, 7) is 5.22. The Morgan fingerprint density at radius 3 is 2.23 bits per heavy atom.